The molecule has 0 unspecified atom stereocenters. The Bertz CT molecular complexity index is 1040. The van der Waals surface area contributed by atoms with Gasteiger partial charge in [0.25, 0.3) is 0 Å². The van der Waals surface area contributed by atoms with E-state index in [9.17, 15) is 9.59 Å². The molecular weight excluding hydrogens is 374 g/mol. The molecule has 28 heavy (non-hydrogen) atoms. The summed E-state index contributed by atoms with van der Waals surface area (Å²) in [6.45, 7) is 0.273. The van der Waals surface area contributed by atoms with Gasteiger partial charge >= 0.3 is 0 Å². The van der Waals surface area contributed by atoms with Crippen LogP contribution in [0.25, 0.3) is 5.70 Å². The quantitative estimate of drug-likeness (QED) is 0.551. The molecule has 0 saturated heterocycles. The molecule has 0 atom stereocenters. The highest BCUT2D eigenvalue weighted by Crippen LogP contribution is 2.35. The van der Waals surface area contributed by atoms with Crippen LogP contribution in [-0.2, 0) is 11.3 Å². The maximum absolute atomic E-state index is 13.4. The van der Waals surface area contributed by atoms with E-state index < -0.39 is 0 Å². The molecule has 3 aromatic rings. The van der Waals surface area contributed by atoms with Crippen LogP contribution in [0.15, 0.2) is 83.0 Å². The molecule has 0 bridgehead atoms. The van der Waals surface area contributed by atoms with Crippen molar-refractivity contribution in [2.45, 2.75) is 19.4 Å². The summed E-state index contributed by atoms with van der Waals surface area (Å²) in [4.78, 5) is 27.8. The molecule has 1 aliphatic heterocycles. The highest BCUT2D eigenvalue weighted by atomic mass is 35.5. The van der Waals surface area contributed by atoms with E-state index in [2.05, 4.69) is 0 Å². The summed E-state index contributed by atoms with van der Waals surface area (Å²) in [6, 6.07) is 20.1. The Morgan fingerprint density at radius 2 is 1.71 bits per heavy atom. The molecule has 1 aromatic heterocycles. The molecule has 0 spiro atoms. The van der Waals surface area contributed by atoms with Gasteiger partial charge in [0, 0.05) is 17.6 Å². The standard InChI is InChI=1S/C23H18ClNO3/c24-20-11-5-4-10-18(20)23(27)19-12-13-21(26)25(15-17-9-6-14-28-17)22(19)16-7-2-1-3-8-16/h1-11,14H,12-13,15H2. The van der Waals surface area contributed by atoms with E-state index in [1.807, 2.05) is 36.4 Å². The molecular formula is C23H18ClNO3. The van der Waals surface area contributed by atoms with Gasteiger partial charge in [-0.25, -0.2) is 0 Å². The number of benzene rings is 2. The third-order valence-corrected chi connectivity index (χ3v) is 5.11. The fourth-order valence-electron chi connectivity index (χ4n) is 3.45. The summed E-state index contributed by atoms with van der Waals surface area (Å²) < 4.78 is 5.45. The smallest absolute Gasteiger partial charge is 0.227 e. The molecule has 140 valence electrons. The van der Waals surface area contributed by atoms with E-state index in [1.54, 1.807) is 41.5 Å². The Morgan fingerprint density at radius 1 is 0.964 bits per heavy atom. The topological polar surface area (TPSA) is 50.5 Å². The average Bonchev–Trinajstić information content (AvgIpc) is 3.23. The van der Waals surface area contributed by atoms with Gasteiger partial charge in [-0.3, -0.25) is 9.59 Å². The number of nitrogens with zero attached hydrogens (tertiary/aromatic N) is 1. The first-order valence-corrected chi connectivity index (χ1v) is 9.43. The first-order chi connectivity index (χ1) is 13.6. The molecule has 1 amide bonds. The minimum absolute atomic E-state index is 0.0361. The zero-order valence-corrected chi connectivity index (χ0v) is 15.9. The molecule has 1 aliphatic rings. The van der Waals surface area contributed by atoms with Crippen LogP contribution >= 0.6 is 11.6 Å². The maximum Gasteiger partial charge on any atom is 0.227 e. The SMILES string of the molecule is O=C(C1=C(c2ccccc2)N(Cc2ccco2)C(=O)CC1)c1ccccc1Cl. The number of ketones is 1. The Morgan fingerprint density at radius 3 is 2.43 bits per heavy atom. The zero-order valence-electron chi connectivity index (χ0n) is 15.1. The van der Waals surface area contributed by atoms with E-state index in [1.165, 1.54) is 0 Å². The number of furan rings is 1. The predicted molar refractivity (Wildman–Crippen MR) is 108 cm³/mol. The fourth-order valence-corrected chi connectivity index (χ4v) is 3.68. The van der Waals surface area contributed by atoms with Gasteiger partial charge in [0.2, 0.25) is 5.91 Å². The number of carbonyl (C=O) groups is 2. The zero-order chi connectivity index (χ0) is 19.5. The van der Waals surface area contributed by atoms with Crippen LogP contribution in [0.4, 0.5) is 0 Å². The second-order valence-electron chi connectivity index (χ2n) is 6.56. The summed E-state index contributed by atoms with van der Waals surface area (Å²) in [6.07, 6.45) is 2.22. The van der Waals surface area contributed by atoms with Crippen LogP contribution < -0.4 is 0 Å². The number of rotatable bonds is 5. The van der Waals surface area contributed by atoms with Gasteiger partial charge in [-0.1, -0.05) is 54.1 Å². The van der Waals surface area contributed by atoms with Crippen LogP contribution in [0.5, 0.6) is 0 Å². The fraction of sp³-hybridized carbons (Fsp3) is 0.130. The molecule has 2 heterocycles. The maximum atomic E-state index is 13.4. The molecule has 0 saturated carbocycles. The van der Waals surface area contributed by atoms with Crippen LogP contribution in [0.1, 0.15) is 34.5 Å². The molecule has 2 aromatic carbocycles. The van der Waals surface area contributed by atoms with Crippen molar-refractivity contribution >= 4 is 29.0 Å². The average molecular weight is 392 g/mol. The highest BCUT2D eigenvalue weighted by molar-refractivity contribution is 6.35. The summed E-state index contributed by atoms with van der Waals surface area (Å²) in [5, 5.41) is 0.405. The van der Waals surface area contributed by atoms with Crippen molar-refractivity contribution in [1.82, 2.24) is 4.90 Å². The molecule has 0 fully saturated rings. The van der Waals surface area contributed by atoms with Gasteiger partial charge in [0.15, 0.2) is 5.78 Å². The number of allylic oxidation sites excluding steroid dienone is 1. The third kappa shape index (κ3) is 3.51. The minimum Gasteiger partial charge on any atom is -0.467 e. The van der Waals surface area contributed by atoms with Crippen LogP contribution in [0.2, 0.25) is 5.02 Å². The van der Waals surface area contributed by atoms with Crippen LogP contribution in [-0.4, -0.2) is 16.6 Å². The van der Waals surface area contributed by atoms with Crippen molar-refractivity contribution in [2.24, 2.45) is 0 Å². The lowest BCUT2D eigenvalue weighted by Gasteiger charge is -2.31. The normalized spacial score (nSPS) is 14.5. The van der Waals surface area contributed by atoms with E-state index in [4.69, 9.17) is 16.0 Å². The lowest BCUT2D eigenvalue weighted by Crippen LogP contribution is -2.34. The van der Waals surface area contributed by atoms with Crippen molar-refractivity contribution in [2.75, 3.05) is 0 Å². The number of halogens is 1. The van der Waals surface area contributed by atoms with Gasteiger partial charge in [0.1, 0.15) is 5.76 Å². The molecule has 0 radical (unpaired) electrons. The van der Waals surface area contributed by atoms with Gasteiger partial charge in [-0.15, -0.1) is 0 Å². The van der Waals surface area contributed by atoms with Gasteiger partial charge < -0.3 is 9.32 Å². The number of hydrogen-bond donors (Lipinski definition) is 0. The lowest BCUT2D eigenvalue weighted by molar-refractivity contribution is -0.129. The van der Waals surface area contributed by atoms with E-state index in [-0.39, 0.29) is 24.7 Å². The Hall–Kier alpha value is -3.11. The Kier molecular flexibility index (Phi) is 5.13. The summed E-state index contributed by atoms with van der Waals surface area (Å²) in [7, 11) is 0. The van der Waals surface area contributed by atoms with Crippen LogP contribution in [0, 0.1) is 0 Å². The van der Waals surface area contributed by atoms with E-state index in [0.717, 1.165) is 5.56 Å². The van der Waals surface area contributed by atoms with E-state index in [0.29, 0.717) is 34.0 Å². The van der Waals surface area contributed by atoms with Gasteiger partial charge in [0.05, 0.1) is 23.5 Å². The lowest BCUT2D eigenvalue weighted by atomic mass is 9.90. The summed E-state index contributed by atoms with van der Waals surface area (Å²) in [5.41, 5.74) is 2.47. The second-order valence-corrected chi connectivity index (χ2v) is 6.97. The molecule has 4 nitrogen and oxygen atoms in total. The van der Waals surface area contributed by atoms with Crippen LogP contribution in [0.3, 0.4) is 0 Å². The highest BCUT2D eigenvalue weighted by Gasteiger charge is 2.32. The first-order valence-electron chi connectivity index (χ1n) is 9.05. The Balaban J connectivity index is 1.86. The van der Waals surface area contributed by atoms with Crippen molar-refractivity contribution < 1.29 is 14.0 Å². The largest absolute Gasteiger partial charge is 0.467 e. The third-order valence-electron chi connectivity index (χ3n) is 4.78. The number of Topliss-reactive ketones (excluding diaryl/α,β-unsaturated/α-hetero) is 1. The number of carbonyl (C=O) groups excluding carboxylic acids is 2. The van der Waals surface area contributed by atoms with Crippen molar-refractivity contribution in [3.63, 3.8) is 0 Å². The Labute approximate surface area is 168 Å². The molecule has 0 aliphatic carbocycles. The summed E-state index contributed by atoms with van der Waals surface area (Å²) >= 11 is 6.27. The number of hydrogen-bond acceptors (Lipinski definition) is 3. The molecule has 5 heteroatoms. The molecule has 0 N–H and O–H groups in total. The summed E-state index contributed by atoms with van der Waals surface area (Å²) in [5.74, 6) is 0.473. The van der Waals surface area contributed by atoms with Crippen molar-refractivity contribution in [3.05, 3.63) is 100 Å². The second kappa shape index (κ2) is 7.87. The predicted octanol–water partition coefficient (Wildman–Crippen LogP) is 5.35. The van der Waals surface area contributed by atoms with Crippen molar-refractivity contribution in [3.8, 4) is 0 Å². The monoisotopic (exact) mass is 391 g/mol. The molecule has 4 rings (SSSR count). The minimum atomic E-state index is -0.151. The number of amides is 1. The van der Waals surface area contributed by atoms with Crippen molar-refractivity contribution in [1.29, 1.82) is 0 Å². The van der Waals surface area contributed by atoms with E-state index >= 15 is 0 Å². The van der Waals surface area contributed by atoms with Gasteiger partial charge in [-0.2, -0.15) is 0 Å². The van der Waals surface area contributed by atoms with Gasteiger partial charge in [-0.05, 0) is 36.2 Å². The first kappa shape index (κ1) is 18.3.